The topological polar surface area (TPSA) is 156 Å². The van der Waals surface area contributed by atoms with Crippen LogP contribution in [0.15, 0.2) is 76.4 Å². The molecule has 0 fully saturated rings. The number of sulfonamides is 2. The highest BCUT2D eigenvalue weighted by Crippen LogP contribution is 2.22. The smallest absolute Gasteiger partial charge is 0.234 e. The van der Waals surface area contributed by atoms with Gasteiger partial charge in [-0.3, -0.25) is 0 Å². The molecule has 170 valence electrons. The molecular formula is C19H21FN6O4S2. The summed E-state index contributed by atoms with van der Waals surface area (Å²) < 4.78 is 62.1. The molecule has 2 aliphatic carbocycles. The third-order valence-corrected chi connectivity index (χ3v) is 5.99. The molecule has 1 aromatic rings. The lowest BCUT2D eigenvalue weighted by Crippen LogP contribution is -2.19. The number of primary sulfonamides is 1. The maximum absolute atomic E-state index is 14.2. The number of hydrogen-bond donors (Lipinski definition) is 4. The molecule has 1 heterocycles. The summed E-state index contributed by atoms with van der Waals surface area (Å²) in [6, 6.07) is -0.428. The van der Waals surface area contributed by atoms with E-state index in [-0.39, 0.29) is 18.2 Å². The van der Waals surface area contributed by atoms with E-state index in [1.807, 2.05) is 0 Å². The number of nitrogens with one attached hydrogen (secondary N) is 3. The number of aromatic nitrogens is 2. The van der Waals surface area contributed by atoms with Crippen LogP contribution in [0, 0.1) is 5.82 Å². The van der Waals surface area contributed by atoms with Crippen molar-refractivity contribution in [2.75, 3.05) is 17.7 Å². The Bertz CT molecular complexity index is 1280. The molecule has 0 aliphatic heterocycles. The second-order valence-electron chi connectivity index (χ2n) is 6.78. The molecule has 1 aromatic heterocycles. The number of nitrogens with two attached hydrogens (primary N) is 1. The molecule has 0 saturated heterocycles. The van der Waals surface area contributed by atoms with Gasteiger partial charge in [-0.1, -0.05) is 36.5 Å². The lowest BCUT2D eigenvalue weighted by atomic mass is 10.1. The van der Waals surface area contributed by atoms with Gasteiger partial charge in [-0.15, -0.1) is 0 Å². The Balaban J connectivity index is 1.70. The largest absolute Gasteiger partial charge is 0.358 e. The van der Waals surface area contributed by atoms with Crippen molar-refractivity contribution in [3.8, 4) is 0 Å². The molecule has 0 atom stereocenters. The van der Waals surface area contributed by atoms with Crippen molar-refractivity contribution in [3.63, 3.8) is 0 Å². The Labute approximate surface area is 185 Å². The van der Waals surface area contributed by atoms with Gasteiger partial charge in [0, 0.05) is 17.5 Å². The van der Waals surface area contributed by atoms with Gasteiger partial charge in [-0.05, 0) is 24.3 Å². The van der Waals surface area contributed by atoms with Gasteiger partial charge in [-0.25, -0.2) is 36.1 Å². The second-order valence-corrected chi connectivity index (χ2v) is 9.93. The van der Waals surface area contributed by atoms with Crippen molar-refractivity contribution in [1.29, 1.82) is 0 Å². The van der Waals surface area contributed by atoms with E-state index in [2.05, 4.69) is 25.3 Å². The van der Waals surface area contributed by atoms with Crippen LogP contribution in [0.5, 0.6) is 0 Å². The SMILES string of the molecule is CNS(=O)(=O)C=C1C=CC(Nc2nc(NC3=CC=C/C(=C\S(N)(=O)=O)C3)ncc2F)C=C1. The minimum atomic E-state index is -3.78. The average Bonchev–Trinajstić information content (AvgIpc) is 2.71. The van der Waals surface area contributed by atoms with E-state index in [1.54, 1.807) is 42.5 Å². The maximum Gasteiger partial charge on any atom is 0.234 e. The lowest BCUT2D eigenvalue weighted by Gasteiger charge is -2.17. The minimum Gasteiger partial charge on any atom is -0.358 e. The van der Waals surface area contributed by atoms with Crippen LogP contribution in [-0.4, -0.2) is 39.9 Å². The monoisotopic (exact) mass is 480 g/mol. The zero-order valence-electron chi connectivity index (χ0n) is 16.9. The van der Waals surface area contributed by atoms with Gasteiger partial charge >= 0.3 is 0 Å². The third-order valence-electron chi connectivity index (χ3n) is 4.21. The first-order valence-electron chi connectivity index (χ1n) is 9.21. The number of halogens is 1. The summed E-state index contributed by atoms with van der Waals surface area (Å²) in [6.07, 6.45) is 12.7. The standard InChI is InChI=1S/C19H21FN6O4S2/c1-22-32(29,30)12-13-5-7-15(8-6-13)24-18-17(20)10-23-19(26-18)25-16-4-2-3-14(9-16)11-31(21,27)28/h2-8,10-12,15,22H,9H2,1H3,(H2,21,27,28)(H2,23,24,25,26)/b13-12?,14-11+. The van der Waals surface area contributed by atoms with Gasteiger partial charge in [0.15, 0.2) is 11.6 Å². The van der Waals surface area contributed by atoms with Gasteiger partial charge in [0.05, 0.1) is 17.6 Å². The molecule has 0 aromatic carbocycles. The summed E-state index contributed by atoms with van der Waals surface area (Å²) in [7, 11) is -5.98. The summed E-state index contributed by atoms with van der Waals surface area (Å²) in [4.78, 5) is 8.03. The van der Waals surface area contributed by atoms with Crippen LogP contribution >= 0.6 is 0 Å². The molecule has 0 unspecified atom stereocenters. The number of nitrogens with zero attached hydrogens (tertiary/aromatic N) is 2. The van der Waals surface area contributed by atoms with Crippen LogP contribution in [0.3, 0.4) is 0 Å². The first-order chi connectivity index (χ1) is 15.0. The molecule has 0 saturated carbocycles. The molecule has 0 radical (unpaired) electrons. The molecular weight excluding hydrogens is 459 g/mol. The first-order valence-corrected chi connectivity index (χ1v) is 12.4. The van der Waals surface area contributed by atoms with Gasteiger partial charge in [0.2, 0.25) is 26.0 Å². The van der Waals surface area contributed by atoms with Crippen molar-refractivity contribution in [3.05, 3.63) is 82.2 Å². The summed E-state index contributed by atoms with van der Waals surface area (Å²) >= 11 is 0. The third kappa shape index (κ3) is 6.95. The second kappa shape index (κ2) is 9.56. The van der Waals surface area contributed by atoms with E-state index in [0.29, 0.717) is 16.8 Å². The Morgan fingerprint density at radius 2 is 1.88 bits per heavy atom. The predicted octanol–water partition coefficient (Wildman–Crippen LogP) is 1.38. The molecule has 0 spiro atoms. The Hall–Kier alpha value is -3.13. The van der Waals surface area contributed by atoms with E-state index in [9.17, 15) is 21.2 Å². The van der Waals surface area contributed by atoms with Crippen molar-refractivity contribution < 1.29 is 21.2 Å². The van der Waals surface area contributed by atoms with Gasteiger partial charge in [0.1, 0.15) is 0 Å². The molecule has 5 N–H and O–H groups in total. The zero-order chi connectivity index (χ0) is 23.4. The fourth-order valence-electron chi connectivity index (χ4n) is 2.80. The van der Waals surface area contributed by atoms with Gasteiger partial charge in [-0.2, -0.15) is 4.98 Å². The van der Waals surface area contributed by atoms with E-state index in [1.165, 1.54) is 7.05 Å². The molecule has 2 aliphatic rings. The fourth-order valence-corrected chi connectivity index (χ4v) is 4.01. The summed E-state index contributed by atoms with van der Waals surface area (Å²) in [5.74, 6) is -0.636. The Morgan fingerprint density at radius 1 is 1.16 bits per heavy atom. The average molecular weight is 481 g/mol. The predicted molar refractivity (Wildman–Crippen MR) is 120 cm³/mol. The number of allylic oxidation sites excluding steroid dienone is 7. The molecule has 3 rings (SSSR count). The minimum absolute atomic E-state index is 0.0654. The lowest BCUT2D eigenvalue weighted by molar-refractivity contribution is 0.597. The number of hydrogen-bond acceptors (Lipinski definition) is 8. The first kappa shape index (κ1) is 23.5. The van der Waals surface area contributed by atoms with E-state index < -0.39 is 31.9 Å². The summed E-state index contributed by atoms with van der Waals surface area (Å²) in [5.41, 5.74) is 1.53. The van der Waals surface area contributed by atoms with Crippen LogP contribution in [0.1, 0.15) is 6.42 Å². The Morgan fingerprint density at radius 3 is 2.53 bits per heavy atom. The van der Waals surface area contributed by atoms with Crippen molar-refractivity contribution in [2.45, 2.75) is 12.5 Å². The summed E-state index contributed by atoms with van der Waals surface area (Å²) in [5, 5.41) is 12.9. The van der Waals surface area contributed by atoms with E-state index >= 15 is 0 Å². The van der Waals surface area contributed by atoms with E-state index in [4.69, 9.17) is 5.14 Å². The number of anilines is 2. The van der Waals surface area contributed by atoms with Crippen LogP contribution in [0.2, 0.25) is 0 Å². The maximum atomic E-state index is 14.2. The van der Waals surface area contributed by atoms with Crippen molar-refractivity contribution in [2.24, 2.45) is 5.14 Å². The molecule has 0 bridgehead atoms. The quantitative estimate of drug-likeness (QED) is 0.456. The zero-order valence-corrected chi connectivity index (χ0v) is 18.5. The summed E-state index contributed by atoms with van der Waals surface area (Å²) in [6.45, 7) is 0. The normalized spacial score (nSPS) is 19.7. The Kier molecular flexibility index (Phi) is 7.03. The van der Waals surface area contributed by atoms with Gasteiger partial charge < -0.3 is 10.6 Å². The molecule has 13 heteroatoms. The van der Waals surface area contributed by atoms with Crippen molar-refractivity contribution >= 4 is 31.8 Å². The molecule has 10 nitrogen and oxygen atoms in total. The highest BCUT2D eigenvalue weighted by Gasteiger charge is 2.14. The highest BCUT2D eigenvalue weighted by molar-refractivity contribution is 7.92. The molecule has 32 heavy (non-hydrogen) atoms. The van der Waals surface area contributed by atoms with Crippen LogP contribution < -0.4 is 20.5 Å². The molecule has 0 amide bonds. The van der Waals surface area contributed by atoms with Crippen LogP contribution in [-0.2, 0) is 20.0 Å². The van der Waals surface area contributed by atoms with E-state index in [0.717, 1.165) is 17.0 Å². The highest BCUT2D eigenvalue weighted by atomic mass is 32.2. The van der Waals surface area contributed by atoms with Crippen LogP contribution in [0.4, 0.5) is 16.2 Å². The van der Waals surface area contributed by atoms with Crippen molar-refractivity contribution in [1.82, 2.24) is 14.7 Å². The van der Waals surface area contributed by atoms with Crippen LogP contribution in [0.25, 0.3) is 0 Å². The fraction of sp³-hybridized carbons (Fsp3) is 0.158. The number of rotatable bonds is 7. The van der Waals surface area contributed by atoms with Gasteiger partial charge in [0.25, 0.3) is 0 Å².